The van der Waals surface area contributed by atoms with Gasteiger partial charge >= 0.3 is 0 Å². The zero-order valence-corrected chi connectivity index (χ0v) is 16.1. The van der Waals surface area contributed by atoms with Crippen LogP contribution in [0.2, 0.25) is 0 Å². The Morgan fingerprint density at radius 2 is 1.69 bits per heavy atom. The molecule has 0 aromatic heterocycles. The zero-order valence-electron chi connectivity index (χ0n) is 16.1. The molecule has 0 radical (unpaired) electrons. The van der Waals surface area contributed by atoms with Crippen molar-refractivity contribution in [3.05, 3.63) is 42.0 Å². The lowest BCUT2D eigenvalue weighted by Gasteiger charge is -2.35. The smallest absolute Gasteiger partial charge is 0.223 e. The van der Waals surface area contributed by atoms with Crippen molar-refractivity contribution >= 4 is 12.0 Å². The minimum absolute atomic E-state index is 0.336. The summed E-state index contributed by atoms with van der Waals surface area (Å²) in [6, 6.07) is 10.4. The molecule has 2 saturated heterocycles. The first-order valence-electron chi connectivity index (χ1n) is 10.1. The number of likely N-dealkylation sites (tertiary alicyclic amines) is 1. The summed E-state index contributed by atoms with van der Waals surface area (Å²) in [4.78, 5) is 19.4. The van der Waals surface area contributed by atoms with Gasteiger partial charge in [-0.3, -0.25) is 9.69 Å². The van der Waals surface area contributed by atoms with Crippen LogP contribution in [0.3, 0.4) is 0 Å². The van der Waals surface area contributed by atoms with Crippen LogP contribution < -0.4 is 0 Å². The maximum absolute atomic E-state index is 12.5. The Bertz CT molecular complexity index is 570. The molecule has 2 aliphatic rings. The van der Waals surface area contributed by atoms with E-state index in [0.29, 0.717) is 12.3 Å². The van der Waals surface area contributed by atoms with Gasteiger partial charge in [0.15, 0.2) is 0 Å². The number of hydrogen-bond donors (Lipinski definition) is 0. The average molecular weight is 356 g/mol. The van der Waals surface area contributed by atoms with Crippen LogP contribution in [0, 0.1) is 5.92 Å². The molecule has 1 aromatic carbocycles. The minimum atomic E-state index is 0.336. The molecular formula is C22H33N3O. The van der Waals surface area contributed by atoms with Crippen LogP contribution in [0.5, 0.6) is 0 Å². The van der Waals surface area contributed by atoms with Gasteiger partial charge in [-0.2, -0.15) is 0 Å². The van der Waals surface area contributed by atoms with Crippen LogP contribution in [-0.2, 0) is 4.79 Å². The zero-order chi connectivity index (χ0) is 18.2. The minimum Gasteiger partial charge on any atom is -0.340 e. The molecule has 26 heavy (non-hydrogen) atoms. The van der Waals surface area contributed by atoms with Crippen LogP contribution >= 0.6 is 0 Å². The summed E-state index contributed by atoms with van der Waals surface area (Å²) in [6.07, 6.45) is 7.65. The molecular weight excluding hydrogens is 322 g/mol. The molecule has 1 amide bonds. The number of benzene rings is 1. The molecule has 0 atom stereocenters. The van der Waals surface area contributed by atoms with E-state index in [0.717, 1.165) is 58.3 Å². The van der Waals surface area contributed by atoms with Crippen molar-refractivity contribution < 1.29 is 4.79 Å². The highest BCUT2D eigenvalue weighted by molar-refractivity contribution is 5.76. The molecule has 0 bridgehead atoms. The molecule has 2 aliphatic heterocycles. The molecule has 4 heteroatoms. The van der Waals surface area contributed by atoms with Gasteiger partial charge < -0.3 is 9.80 Å². The molecule has 0 spiro atoms. The van der Waals surface area contributed by atoms with Crippen LogP contribution in [0.25, 0.3) is 6.08 Å². The topological polar surface area (TPSA) is 26.8 Å². The number of rotatable bonds is 6. The van der Waals surface area contributed by atoms with Gasteiger partial charge in [-0.25, -0.2) is 0 Å². The third kappa shape index (κ3) is 5.96. The number of carbonyl (C=O) groups excluding carboxylic acids is 1. The first kappa shape index (κ1) is 19.1. The molecule has 142 valence electrons. The Hall–Kier alpha value is -1.65. The first-order valence-corrected chi connectivity index (χ1v) is 10.1. The molecule has 3 rings (SSSR count). The SMILES string of the molecule is CC1CCN(CCC(=O)N2CCN(C/C=C/c3ccccc3)CC2)CC1. The monoisotopic (exact) mass is 355 g/mol. The summed E-state index contributed by atoms with van der Waals surface area (Å²) >= 11 is 0. The lowest BCUT2D eigenvalue weighted by Crippen LogP contribution is -2.49. The normalized spacial score (nSPS) is 20.7. The molecule has 0 unspecified atom stereocenters. The maximum atomic E-state index is 12.5. The van der Waals surface area contributed by atoms with Gasteiger partial charge in [0, 0.05) is 45.7 Å². The summed E-state index contributed by atoms with van der Waals surface area (Å²) in [5, 5.41) is 0. The van der Waals surface area contributed by atoms with Gasteiger partial charge in [-0.15, -0.1) is 0 Å². The fourth-order valence-corrected chi connectivity index (χ4v) is 3.78. The van der Waals surface area contributed by atoms with E-state index in [1.54, 1.807) is 0 Å². The Morgan fingerprint density at radius 3 is 2.38 bits per heavy atom. The standard InChI is InChI=1S/C22H33N3O/c1-20-9-13-24(14-10-20)15-11-22(26)25-18-16-23(17-19-25)12-5-8-21-6-3-2-4-7-21/h2-8,20H,9-19H2,1H3/b8-5+. The van der Waals surface area contributed by atoms with Crippen molar-refractivity contribution in [3.63, 3.8) is 0 Å². The number of piperidine rings is 1. The van der Waals surface area contributed by atoms with Crippen molar-refractivity contribution in [1.82, 2.24) is 14.7 Å². The number of carbonyl (C=O) groups is 1. The number of piperazine rings is 1. The summed E-state index contributed by atoms with van der Waals surface area (Å²) in [5.41, 5.74) is 1.24. The number of hydrogen-bond acceptors (Lipinski definition) is 3. The molecule has 0 N–H and O–H groups in total. The van der Waals surface area contributed by atoms with Crippen molar-refractivity contribution in [2.75, 3.05) is 52.4 Å². The predicted octanol–water partition coefficient (Wildman–Crippen LogP) is 2.97. The molecule has 4 nitrogen and oxygen atoms in total. The number of nitrogens with zero attached hydrogens (tertiary/aromatic N) is 3. The lowest BCUT2D eigenvalue weighted by atomic mass is 9.99. The summed E-state index contributed by atoms with van der Waals surface area (Å²) in [6.45, 7) is 10.2. The van der Waals surface area contributed by atoms with Gasteiger partial charge in [-0.1, -0.05) is 49.4 Å². The highest BCUT2D eigenvalue weighted by Crippen LogP contribution is 2.16. The second kappa shape index (κ2) is 9.89. The Morgan fingerprint density at radius 1 is 1.00 bits per heavy atom. The second-order valence-corrected chi connectivity index (χ2v) is 7.77. The fraction of sp³-hybridized carbons (Fsp3) is 0.591. The van der Waals surface area contributed by atoms with Gasteiger partial charge in [0.2, 0.25) is 5.91 Å². The summed E-state index contributed by atoms with van der Waals surface area (Å²) in [7, 11) is 0. The van der Waals surface area contributed by atoms with Crippen LogP contribution in [-0.4, -0.2) is 73.0 Å². The van der Waals surface area contributed by atoms with Crippen LogP contribution in [0.15, 0.2) is 36.4 Å². The Balaban J connectivity index is 1.32. The van der Waals surface area contributed by atoms with Gasteiger partial charge in [0.25, 0.3) is 0 Å². The van der Waals surface area contributed by atoms with E-state index in [-0.39, 0.29) is 0 Å². The van der Waals surface area contributed by atoms with E-state index in [9.17, 15) is 4.79 Å². The quantitative estimate of drug-likeness (QED) is 0.785. The third-order valence-electron chi connectivity index (χ3n) is 5.72. The van der Waals surface area contributed by atoms with Gasteiger partial charge in [0.1, 0.15) is 0 Å². The van der Waals surface area contributed by atoms with Crippen LogP contribution in [0.4, 0.5) is 0 Å². The lowest BCUT2D eigenvalue weighted by molar-refractivity contribution is -0.133. The van der Waals surface area contributed by atoms with E-state index in [2.05, 4.69) is 58.0 Å². The van der Waals surface area contributed by atoms with Crippen molar-refractivity contribution in [2.45, 2.75) is 26.2 Å². The van der Waals surface area contributed by atoms with Crippen molar-refractivity contribution in [2.24, 2.45) is 5.92 Å². The van der Waals surface area contributed by atoms with Gasteiger partial charge in [-0.05, 0) is 37.4 Å². The third-order valence-corrected chi connectivity index (χ3v) is 5.72. The largest absolute Gasteiger partial charge is 0.340 e. The Labute approximate surface area is 158 Å². The highest BCUT2D eigenvalue weighted by atomic mass is 16.2. The predicted molar refractivity (Wildman–Crippen MR) is 108 cm³/mol. The van der Waals surface area contributed by atoms with Crippen molar-refractivity contribution in [3.8, 4) is 0 Å². The van der Waals surface area contributed by atoms with E-state index in [1.807, 2.05) is 6.07 Å². The van der Waals surface area contributed by atoms with E-state index in [4.69, 9.17) is 0 Å². The molecule has 1 aromatic rings. The maximum Gasteiger partial charge on any atom is 0.223 e. The van der Waals surface area contributed by atoms with E-state index >= 15 is 0 Å². The highest BCUT2D eigenvalue weighted by Gasteiger charge is 2.22. The Kier molecular flexibility index (Phi) is 7.27. The molecule has 2 heterocycles. The second-order valence-electron chi connectivity index (χ2n) is 7.77. The average Bonchev–Trinajstić information content (AvgIpc) is 2.69. The van der Waals surface area contributed by atoms with Crippen molar-refractivity contribution in [1.29, 1.82) is 0 Å². The molecule has 2 fully saturated rings. The van der Waals surface area contributed by atoms with E-state index in [1.165, 1.54) is 18.4 Å². The molecule has 0 aliphatic carbocycles. The summed E-state index contributed by atoms with van der Waals surface area (Å²) in [5.74, 6) is 1.19. The summed E-state index contributed by atoms with van der Waals surface area (Å²) < 4.78 is 0. The fourth-order valence-electron chi connectivity index (χ4n) is 3.78. The van der Waals surface area contributed by atoms with E-state index < -0.39 is 0 Å². The van der Waals surface area contributed by atoms with Gasteiger partial charge in [0.05, 0.1) is 0 Å². The number of amides is 1. The molecule has 0 saturated carbocycles. The first-order chi connectivity index (χ1) is 12.7. The van der Waals surface area contributed by atoms with Crippen LogP contribution in [0.1, 0.15) is 31.7 Å².